The Balaban J connectivity index is 1.64. The molecule has 8 nitrogen and oxygen atoms in total. The predicted octanol–water partition coefficient (Wildman–Crippen LogP) is 0.181. The van der Waals surface area contributed by atoms with Crippen molar-refractivity contribution in [3.05, 3.63) is 29.7 Å². The summed E-state index contributed by atoms with van der Waals surface area (Å²) >= 11 is 1.61. The molecule has 1 aliphatic heterocycles. The highest BCUT2D eigenvalue weighted by molar-refractivity contribution is 7.13. The summed E-state index contributed by atoms with van der Waals surface area (Å²) in [6.07, 6.45) is 4.71. The summed E-state index contributed by atoms with van der Waals surface area (Å²) in [4.78, 5) is 28.7. The Kier molecular flexibility index (Phi) is 3.93. The Labute approximate surface area is 125 Å². The van der Waals surface area contributed by atoms with Crippen molar-refractivity contribution in [2.75, 3.05) is 36.5 Å². The SMILES string of the molecule is NNc1cncc(C(=O)N2CCN(c3nccs3)CC2)n1. The molecule has 0 unspecified atom stereocenters. The van der Waals surface area contributed by atoms with Gasteiger partial charge in [-0.05, 0) is 0 Å². The lowest BCUT2D eigenvalue weighted by Gasteiger charge is -2.34. The largest absolute Gasteiger partial charge is 0.345 e. The van der Waals surface area contributed by atoms with Gasteiger partial charge in [0.05, 0.1) is 12.4 Å². The lowest BCUT2D eigenvalue weighted by atomic mass is 10.3. The van der Waals surface area contributed by atoms with Gasteiger partial charge in [-0.15, -0.1) is 11.3 Å². The number of nitrogens with two attached hydrogens (primary N) is 1. The zero-order valence-corrected chi connectivity index (χ0v) is 12.1. The molecule has 0 atom stereocenters. The highest BCUT2D eigenvalue weighted by Crippen LogP contribution is 2.19. The van der Waals surface area contributed by atoms with Crippen molar-refractivity contribution in [2.24, 2.45) is 5.84 Å². The molecule has 1 saturated heterocycles. The van der Waals surface area contributed by atoms with Gasteiger partial charge in [-0.3, -0.25) is 9.78 Å². The fourth-order valence-corrected chi connectivity index (χ4v) is 2.87. The second-order valence-corrected chi connectivity index (χ2v) is 5.40. The second kappa shape index (κ2) is 6.02. The quantitative estimate of drug-likeness (QED) is 0.616. The molecule has 1 aliphatic rings. The molecule has 1 amide bonds. The highest BCUT2D eigenvalue weighted by atomic mass is 32.1. The van der Waals surface area contributed by atoms with Gasteiger partial charge in [0.15, 0.2) is 10.9 Å². The monoisotopic (exact) mass is 305 g/mol. The average molecular weight is 305 g/mol. The van der Waals surface area contributed by atoms with Crippen LogP contribution in [0.3, 0.4) is 0 Å². The minimum absolute atomic E-state index is 0.126. The molecule has 21 heavy (non-hydrogen) atoms. The van der Waals surface area contributed by atoms with Gasteiger partial charge in [0.1, 0.15) is 5.69 Å². The molecule has 0 aromatic carbocycles. The summed E-state index contributed by atoms with van der Waals surface area (Å²) in [5.74, 6) is 5.53. The van der Waals surface area contributed by atoms with Crippen molar-refractivity contribution >= 4 is 28.2 Å². The molecule has 0 saturated carbocycles. The second-order valence-electron chi connectivity index (χ2n) is 4.53. The fraction of sp³-hybridized carbons (Fsp3) is 0.333. The van der Waals surface area contributed by atoms with Gasteiger partial charge in [0, 0.05) is 37.8 Å². The van der Waals surface area contributed by atoms with Crippen LogP contribution >= 0.6 is 11.3 Å². The first-order valence-corrected chi connectivity index (χ1v) is 7.38. The van der Waals surface area contributed by atoms with Crippen LogP contribution in [0.5, 0.6) is 0 Å². The van der Waals surface area contributed by atoms with Crippen LogP contribution in [-0.2, 0) is 0 Å². The van der Waals surface area contributed by atoms with Crippen LogP contribution < -0.4 is 16.2 Å². The Morgan fingerprint density at radius 1 is 1.29 bits per heavy atom. The predicted molar refractivity (Wildman–Crippen MR) is 80.1 cm³/mol. The van der Waals surface area contributed by atoms with E-state index in [1.54, 1.807) is 22.4 Å². The van der Waals surface area contributed by atoms with E-state index < -0.39 is 0 Å². The molecule has 110 valence electrons. The fourth-order valence-electron chi connectivity index (χ4n) is 2.17. The third kappa shape index (κ3) is 2.93. The number of nitrogens with one attached hydrogen (secondary N) is 1. The molecular weight excluding hydrogens is 290 g/mol. The smallest absolute Gasteiger partial charge is 0.274 e. The number of piperazine rings is 1. The lowest BCUT2D eigenvalue weighted by Crippen LogP contribution is -2.49. The first-order chi connectivity index (χ1) is 10.3. The molecule has 3 heterocycles. The summed E-state index contributed by atoms with van der Waals surface area (Å²) in [6, 6.07) is 0. The van der Waals surface area contributed by atoms with Crippen LogP contribution in [0.15, 0.2) is 24.0 Å². The van der Waals surface area contributed by atoms with Crippen molar-refractivity contribution in [3.63, 3.8) is 0 Å². The number of carbonyl (C=O) groups is 1. The van der Waals surface area contributed by atoms with E-state index in [1.807, 2.05) is 5.38 Å². The van der Waals surface area contributed by atoms with Crippen LogP contribution in [0, 0.1) is 0 Å². The molecule has 0 bridgehead atoms. The Bertz CT molecular complexity index is 610. The van der Waals surface area contributed by atoms with Gasteiger partial charge in [0.2, 0.25) is 0 Å². The zero-order chi connectivity index (χ0) is 14.7. The van der Waals surface area contributed by atoms with Crippen LogP contribution in [0.1, 0.15) is 10.5 Å². The van der Waals surface area contributed by atoms with Crippen LogP contribution in [-0.4, -0.2) is 51.9 Å². The van der Waals surface area contributed by atoms with E-state index in [0.29, 0.717) is 24.6 Å². The van der Waals surface area contributed by atoms with E-state index in [9.17, 15) is 4.79 Å². The molecule has 3 rings (SSSR count). The molecule has 2 aromatic heterocycles. The van der Waals surface area contributed by atoms with E-state index in [-0.39, 0.29) is 5.91 Å². The summed E-state index contributed by atoms with van der Waals surface area (Å²) in [7, 11) is 0. The number of hydrazine groups is 1. The minimum atomic E-state index is -0.126. The topological polar surface area (TPSA) is 100 Å². The third-order valence-corrected chi connectivity index (χ3v) is 4.09. The number of thiazole rings is 1. The van der Waals surface area contributed by atoms with E-state index in [4.69, 9.17) is 5.84 Å². The highest BCUT2D eigenvalue weighted by Gasteiger charge is 2.24. The normalized spacial score (nSPS) is 15.1. The molecule has 3 N–H and O–H groups in total. The molecule has 1 fully saturated rings. The molecule has 2 aromatic rings. The number of nitrogens with zero attached hydrogens (tertiary/aromatic N) is 5. The molecule has 0 radical (unpaired) electrons. The Morgan fingerprint density at radius 2 is 2.10 bits per heavy atom. The maximum atomic E-state index is 12.4. The molecule has 0 spiro atoms. The number of rotatable bonds is 3. The third-order valence-electron chi connectivity index (χ3n) is 3.26. The van der Waals surface area contributed by atoms with Crippen molar-refractivity contribution in [1.82, 2.24) is 19.9 Å². The maximum Gasteiger partial charge on any atom is 0.274 e. The van der Waals surface area contributed by atoms with Crippen LogP contribution in [0.25, 0.3) is 0 Å². The lowest BCUT2D eigenvalue weighted by molar-refractivity contribution is 0.0740. The van der Waals surface area contributed by atoms with E-state index in [0.717, 1.165) is 18.2 Å². The Hall–Kier alpha value is -2.26. The summed E-state index contributed by atoms with van der Waals surface area (Å²) in [6.45, 7) is 2.81. The molecular formula is C12H15N7OS. The molecule has 9 heteroatoms. The Morgan fingerprint density at radius 3 is 2.76 bits per heavy atom. The van der Waals surface area contributed by atoms with Gasteiger partial charge in [-0.2, -0.15) is 0 Å². The number of carbonyl (C=O) groups excluding carboxylic acids is 1. The number of hydrogen-bond acceptors (Lipinski definition) is 8. The standard InChI is InChI=1S/C12H15N7OS/c13-17-10-8-14-7-9(16-10)11(20)18-2-4-19(5-3-18)12-15-1-6-21-12/h1,6-8H,2-5,13H2,(H,16,17). The average Bonchev–Trinajstić information content (AvgIpc) is 3.09. The minimum Gasteiger partial charge on any atom is -0.345 e. The van der Waals surface area contributed by atoms with Crippen LogP contribution in [0.4, 0.5) is 10.9 Å². The van der Waals surface area contributed by atoms with Gasteiger partial charge >= 0.3 is 0 Å². The maximum absolute atomic E-state index is 12.4. The van der Waals surface area contributed by atoms with E-state index in [2.05, 4.69) is 25.3 Å². The van der Waals surface area contributed by atoms with Crippen molar-refractivity contribution in [3.8, 4) is 0 Å². The van der Waals surface area contributed by atoms with Crippen molar-refractivity contribution in [1.29, 1.82) is 0 Å². The number of hydrogen-bond donors (Lipinski definition) is 2. The van der Waals surface area contributed by atoms with Gasteiger partial charge in [0.25, 0.3) is 5.91 Å². The summed E-state index contributed by atoms with van der Waals surface area (Å²) in [5.41, 5.74) is 2.69. The molecule has 0 aliphatic carbocycles. The van der Waals surface area contributed by atoms with Gasteiger partial charge in [-0.1, -0.05) is 0 Å². The van der Waals surface area contributed by atoms with Gasteiger partial charge < -0.3 is 15.2 Å². The first-order valence-electron chi connectivity index (χ1n) is 6.50. The number of nitrogen functional groups attached to an aromatic ring is 1. The van der Waals surface area contributed by atoms with Crippen molar-refractivity contribution < 1.29 is 4.79 Å². The van der Waals surface area contributed by atoms with E-state index >= 15 is 0 Å². The van der Waals surface area contributed by atoms with Crippen molar-refractivity contribution in [2.45, 2.75) is 0 Å². The first kappa shape index (κ1) is 13.7. The van der Waals surface area contributed by atoms with Gasteiger partial charge in [-0.25, -0.2) is 15.8 Å². The van der Waals surface area contributed by atoms with E-state index in [1.165, 1.54) is 12.4 Å². The number of aromatic nitrogens is 3. The van der Waals surface area contributed by atoms with Crippen LogP contribution in [0.2, 0.25) is 0 Å². The number of anilines is 2. The summed E-state index contributed by atoms with van der Waals surface area (Å²) < 4.78 is 0. The summed E-state index contributed by atoms with van der Waals surface area (Å²) in [5, 5.41) is 2.95. The zero-order valence-electron chi connectivity index (χ0n) is 11.3. The number of amides is 1.